The number of hydrogen-bond acceptors (Lipinski definition) is 3. The van der Waals surface area contributed by atoms with E-state index in [0.717, 1.165) is 37.1 Å². The van der Waals surface area contributed by atoms with Gasteiger partial charge in [-0.3, -0.25) is 4.90 Å². The van der Waals surface area contributed by atoms with Crippen molar-refractivity contribution in [3.8, 4) is 18.1 Å². The molecule has 0 amide bonds. The van der Waals surface area contributed by atoms with E-state index in [-0.39, 0.29) is 17.2 Å². The molecule has 1 saturated heterocycles. The predicted octanol–water partition coefficient (Wildman–Crippen LogP) is 2.26. The number of aliphatic hydroxyl groups is 1. The maximum atomic E-state index is 11.4. The van der Waals surface area contributed by atoms with Gasteiger partial charge in [0.15, 0.2) is 0 Å². The van der Waals surface area contributed by atoms with Crippen LogP contribution >= 0.6 is 0 Å². The van der Waals surface area contributed by atoms with Crippen LogP contribution in [0.25, 0.3) is 0 Å². The Balaban J connectivity index is 2.06. The van der Waals surface area contributed by atoms with Crippen molar-refractivity contribution in [2.75, 3.05) is 13.1 Å². The zero-order valence-electron chi connectivity index (χ0n) is 12.8. The maximum Gasteiger partial charge on any atom is 0.115 e. The summed E-state index contributed by atoms with van der Waals surface area (Å²) in [6.07, 6.45) is 7.73. The van der Waals surface area contributed by atoms with Gasteiger partial charge in [-0.1, -0.05) is 19.9 Å². The van der Waals surface area contributed by atoms with E-state index in [1.165, 1.54) is 0 Å². The Morgan fingerprint density at radius 1 is 1.43 bits per heavy atom. The molecular formula is C18H23NO2. The standard InChI is InChI=1S/C18H23NO2/c1-4-5-9-19-10-8-18(21)15-12-14(20)7-6-13(15)11-16(19)17(18,2)3/h1,6-7,12,16,20-21H,5,8-11H2,2-3H3. The number of nitrogens with zero attached hydrogens (tertiary/aromatic N) is 1. The summed E-state index contributed by atoms with van der Waals surface area (Å²) in [6, 6.07) is 5.68. The van der Waals surface area contributed by atoms with Crippen LogP contribution in [0.15, 0.2) is 18.2 Å². The summed E-state index contributed by atoms with van der Waals surface area (Å²) in [5.41, 5.74) is 0.905. The molecule has 1 aromatic rings. The SMILES string of the molecule is C#CCCN1CCC2(O)c3cc(O)ccc3CC1C2(C)C. The second kappa shape index (κ2) is 4.76. The summed E-state index contributed by atoms with van der Waals surface area (Å²) >= 11 is 0. The molecule has 0 aromatic heterocycles. The molecule has 3 heteroatoms. The molecular weight excluding hydrogens is 262 g/mol. The molecule has 3 nitrogen and oxygen atoms in total. The first-order valence-electron chi connectivity index (χ1n) is 7.62. The molecule has 0 saturated carbocycles. The van der Waals surface area contributed by atoms with Crippen LogP contribution in [-0.2, 0) is 12.0 Å². The van der Waals surface area contributed by atoms with Crippen LogP contribution in [0.2, 0.25) is 0 Å². The molecule has 1 aliphatic heterocycles. The monoisotopic (exact) mass is 285 g/mol. The van der Waals surface area contributed by atoms with Crippen LogP contribution < -0.4 is 0 Å². The fourth-order valence-electron chi connectivity index (χ4n) is 4.19. The van der Waals surface area contributed by atoms with Crippen LogP contribution in [0.1, 0.15) is 37.8 Å². The fraction of sp³-hybridized carbons (Fsp3) is 0.556. The van der Waals surface area contributed by atoms with Crippen molar-refractivity contribution in [2.24, 2.45) is 5.41 Å². The molecule has 0 radical (unpaired) electrons. The lowest BCUT2D eigenvalue weighted by atomic mass is 9.56. The number of fused-ring (bicyclic) bond motifs is 4. The number of aromatic hydroxyl groups is 1. The molecule has 1 heterocycles. The highest BCUT2D eigenvalue weighted by molar-refractivity contribution is 5.44. The first-order valence-corrected chi connectivity index (χ1v) is 7.62. The van der Waals surface area contributed by atoms with Crippen LogP contribution in [-0.4, -0.2) is 34.2 Å². The average molecular weight is 285 g/mol. The zero-order chi connectivity index (χ0) is 15.3. The normalized spacial score (nSPS) is 30.5. The van der Waals surface area contributed by atoms with Gasteiger partial charge in [-0.05, 0) is 36.1 Å². The molecule has 2 unspecified atom stereocenters. The molecule has 112 valence electrons. The van der Waals surface area contributed by atoms with Crippen molar-refractivity contribution in [1.29, 1.82) is 0 Å². The topological polar surface area (TPSA) is 43.7 Å². The largest absolute Gasteiger partial charge is 0.508 e. The summed E-state index contributed by atoms with van der Waals surface area (Å²) in [5.74, 6) is 2.94. The van der Waals surface area contributed by atoms with E-state index in [0.29, 0.717) is 6.42 Å². The van der Waals surface area contributed by atoms with Gasteiger partial charge in [0.1, 0.15) is 5.75 Å². The van der Waals surface area contributed by atoms with Gasteiger partial charge < -0.3 is 10.2 Å². The minimum Gasteiger partial charge on any atom is -0.508 e. The lowest BCUT2D eigenvalue weighted by molar-refractivity contribution is -0.164. The van der Waals surface area contributed by atoms with Gasteiger partial charge in [0.25, 0.3) is 0 Å². The maximum absolute atomic E-state index is 11.4. The minimum absolute atomic E-state index is 0.228. The number of likely N-dealkylation sites (tertiary alicyclic amines) is 1. The third kappa shape index (κ3) is 1.97. The Bertz CT molecular complexity index is 602. The summed E-state index contributed by atoms with van der Waals surface area (Å²) in [4.78, 5) is 2.42. The molecule has 21 heavy (non-hydrogen) atoms. The third-order valence-electron chi connectivity index (χ3n) is 5.60. The van der Waals surface area contributed by atoms with E-state index in [9.17, 15) is 10.2 Å². The van der Waals surface area contributed by atoms with E-state index < -0.39 is 5.60 Å². The molecule has 1 fully saturated rings. The highest BCUT2D eigenvalue weighted by Gasteiger charge is 2.57. The summed E-state index contributed by atoms with van der Waals surface area (Å²) in [7, 11) is 0. The van der Waals surface area contributed by atoms with Gasteiger partial charge in [0.2, 0.25) is 0 Å². The fourth-order valence-corrected chi connectivity index (χ4v) is 4.19. The van der Waals surface area contributed by atoms with Crippen LogP contribution in [0.4, 0.5) is 0 Å². The number of hydrogen-bond donors (Lipinski definition) is 2. The highest BCUT2D eigenvalue weighted by Crippen LogP contribution is 2.55. The summed E-state index contributed by atoms with van der Waals surface area (Å²) in [6.45, 7) is 5.99. The van der Waals surface area contributed by atoms with E-state index >= 15 is 0 Å². The number of benzene rings is 1. The smallest absolute Gasteiger partial charge is 0.115 e. The number of phenols is 1. The van der Waals surface area contributed by atoms with Gasteiger partial charge in [0.05, 0.1) is 5.60 Å². The number of terminal acetylenes is 1. The lowest BCUT2D eigenvalue weighted by Gasteiger charge is -2.59. The molecule has 1 aromatic carbocycles. The van der Waals surface area contributed by atoms with E-state index in [4.69, 9.17) is 6.42 Å². The Kier molecular flexibility index (Phi) is 3.27. The first kappa shape index (κ1) is 14.4. The van der Waals surface area contributed by atoms with E-state index in [1.807, 2.05) is 6.07 Å². The second-order valence-corrected chi connectivity index (χ2v) is 6.88. The first-order chi connectivity index (χ1) is 9.90. The summed E-state index contributed by atoms with van der Waals surface area (Å²) < 4.78 is 0. The Hall–Kier alpha value is -1.50. The van der Waals surface area contributed by atoms with Gasteiger partial charge in [-0.25, -0.2) is 0 Å². The number of rotatable bonds is 2. The van der Waals surface area contributed by atoms with E-state index in [1.54, 1.807) is 12.1 Å². The van der Waals surface area contributed by atoms with Crippen LogP contribution in [0, 0.1) is 17.8 Å². The average Bonchev–Trinajstić information content (AvgIpc) is 2.43. The third-order valence-corrected chi connectivity index (χ3v) is 5.60. The molecule has 1 aliphatic carbocycles. The van der Waals surface area contributed by atoms with Crippen molar-refractivity contribution in [2.45, 2.75) is 44.8 Å². The minimum atomic E-state index is -0.878. The summed E-state index contributed by atoms with van der Waals surface area (Å²) in [5, 5.41) is 21.2. The number of phenolic OH excluding ortho intramolecular Hbond substituents is 1. The Morgan fingerprint density at radius 2 is 2.19 bits per heavy atom. The van der Waals surface area contributed by atoms with Crippen LogP contribution in [0.5, 0.6) is 5.75 Å². The predicted molar refractivity (Wildman–Crippen MR) is 82.9 cm³/mol. The van der Waals surface area contributed by atoms with Crippen molar-refractivity contribution in [1.82, 2.24) is 4.90 Å². The van der Waals surface area contributed by atoms with Crippen molar-refractivity contribution >= 4 is 0 Å². The molecule has 0 spiro atoms. The molecule has 3 rings (SSSR count). The lowest BCUT2D eigenvalue weighted by Crippen LogP contribution is -2.64. The Morgan fingerprint density at radius 3 is 2.90 bits per heavy atom. The highest BCUT2D eigenvalue weighted by atomic mass is 16.3. The second-order valence-electron chi connectivity index (χ2n) is 6.88. The van der Waals surface area contributed by atoms with Gasteiger partial charge in [0, 0.05) is 31.0 Å². The molecule has 2 aliphatic rings. The molecule has 2 bridgehead atoms. The van der Waals surface area contributed by atoms with Gasteiger partial charge >= 0.3 is 0 Å². The quantitative estimate of drug-likeness (QED) is 0.819. The molecule has 2 N–H and O–H groups in total. The van der Waals surface area contributed by atoms with Crippen molar-refractivity contribution in [3.63, 3.8) is 0 Å². The zero-order valence-corrected chi connectivity index (χ0v) is 12.8. The van der Waals surface area contributed by atoms with E-state index in [2.05, 4.69) is 24.7 Å². The Labute approximate surface area is 126 Å². The number of piperidine rings is 1. The van der Waals surface area contributed by atoms with Gasteiger partial charge in [-0.2, -0.15) is 0 Å². The van der Waals surface area contributed by atoms with Gasteiger partial charge in [-0.15, -0.1) is 12.3 Å². The van der Waals surface area contributed by atoms with Crippen molar-refractivity contribution < 1.29 is 10.2 Å². The van der Waals surface area contributed by atoms with Crippen molar-refractivity contribution in [3.05, 3.63) is 29.3 Å². The molecule has 2 atom stereocenters. The van der Waals surface area contributed by atoms with Crippen LogP contribution in [0.3, 0.4) is 0 Å².